The van der Waals surface area contributed by atoms with Crippen LogP contribution in [-0.4, -0.2) is 104 Å². The Morgan fingerprint density at radius 1 is 0.906 bits per heavy atom. The molecule has 2 aliphatic rings. The number of benzene rings is 2. The summed E-state index contributed by atoms with van der Waals surface area (Å²) >= 11 is 0.981. The van der Waals surface area contributed by atoms with E-state index in [0.717, 1.165) is 22.5 Å². The summed E-state index contributed by atoms with van der Waals surface area (Å²) in [6.45, 7) is 10.2. The SMILES string of the molecule is CC(C)(C)OC(=O)NCCOC(=O)NCc1cnn(C[C@H]2NC(=O)[C@H]2NC(=O)/C(=N\OC2(C(=O)OC(c3ccccc3)c3ccccc3)CC2)c2csc(NC(=O)OC(C)(C)C)n2)n1. The van der Waals surface area contributed by atoms with E-state index >= 15 is 0 Å². The van der Waals surface area contributed by atoms with Crippen LogP contribution in [0.5, 0.6) is 0 Å². The first-order valence-electron chi connectivity index (χ1n) is 20.3. The summed E-state index contributed by atoms with van der Waals surface area (Å²) in [6, 6.07) is 16.7. The molecule has 64 heavy (non-hydrogen) atoms. The molecule has 1 saturated heterocycles. The summed E-state index contributed by atoms with van der Waals surface area (Å²) < 4.78 is 21.6. The van der Waals surface area contributed by atoms with Gasteiger partial charge in [-0.1, -0.05) is 65.8 Å². The van der Waals surface area contributed by atoms with Crippen molar-refractivity contribution >= 4 is 58.2 Å². The van der Waals surface area contributed by atoms with Gasteiger partial charge in [-0.25, -0.2) is 24.2 Å². The molecule has 1 aliphatic heterocycles. The van der Waals surface area contributed by atoms with Gasteiger partial charge in [0.2, 0.25) is 11.5 Å². The Balaban J connectivity index is 1.10. The molecule has 2 aromatic heterocycles. The topological polar surface area (TPSA) is 265 Å². The second-order valence-electron chi connectivity index (χ2n) is 16.7. The first-order valence-corrected chi connectivity index (χ1v) is 21.2. The number of amides is 5. The molecule has 0 spiro atoms. The molecular formula is C42H50N10O11S. The second-order valence-corrected chi connectivity index (χ2v) is 17.5. The lowest BCUT2D eigenvalue weighted by atomic mass is 9.98. The zero-order valence-electron chi connectivity index (χ0n) is 36.0. The highest BCUT2D eigenvalue weighted by Crippen LogP contribution is 2.43. The van der Waals surface area contributed by atoms with Gasteiger partial charge in [0.15, 0.2) is 16.9 Å². The van der Waals surface area contributed by atoms with Crippen molar-refractivity contribution in [3.63, 3.8) is 0 Å². The van der Waals surface area contributed by atoms with E-state index in [1.165, 1.54) is 16.4 Å². The van der Waals surface area contributed by atoms with Crippen molar-refractivity contribution in [3.05, 3.63) is 94.8 Å². The standard InChI is InChI=1S/C42H50N10O11S/c1-40(2,3)61-38(57)43-19-20-59-37(56)44-21-27-22-45-52(50-27)23-28-30(33(53)46-28)48-34(54)31(29-24-64-36(47-29)49-39(58)62-41(4,5)6)51-63-42(17-18-42)35(55)60-32(25-13-9-7-10-14-25)26-15-11-8-12-16-26/h7-16,22,24,28,30,32H,17-21,23H2,1-6H3,(H,43,57)(H,44,56)(H,46,53)(H,48,54)(H,47,49,58)/b51-31-/t28-,30+/m1/s1. The van der Waals surface area contributed by atoms with Crippen LogP contribution < -0.4 is 26.6 Å². The second kappa shape index (κ2) is 19.9. The van der Waals surface area contributed by atoms with E-state index in [0.29, 0.717) is 5.69 Å². The molecule has 4 aromatic rings. The van der Waals surface area contributed by atoms with Gasteiger partial charge in [0.05, 0.1) is 31.9 Å². The van der Waals surface area contributed by atoms with Crippen LogP contribution in [0, 0.1) is 0 Å². The number of nitrogens with zero attached hydrogens (tertiary/aromatic N) is 5. The Morgan fingerprint density at radius 3 is 2.16 bits per heavy atom. The zero-order chi connectivity index (χ0) is 46.1. The summed E-state index contributed by atoms with van der Waals surface area (Å²) in [5.74, 6) is -2.06. The summed E-state index contributed by atoms with van der Waals surface area (Å²) in [4.78, 5) is 88.6. The van der Waals surface area contributed by atoms with E-state index in [4.69, 9.17) is 23.8 Å². The summed E-state index contributed by atoms with van der Waals surface area (Å²) in [7, 11) is 0. The fourth-order valence-corrected chi connectivity index (χ4v) is 6.57. The van der Waals surface area contributed by atoms with E-state index < -0.39 is 71.1 Å². The average Bonchev–Trinajstić information content (AvgIpc) is 3.66. The molecule has 340 valence electrons. The number of esters is 1. The maximum absolute atomic E-state index is 14.0. The molecule has 5 amide bonds. The molecule has 1 saturated carbocycles. The molecule has 2 atom stereocenters. The molecule has 21 nitrogen and oxygen atoms in total. The van der Waals surface area contributed by atoms with Crippen molar-refractivity contribution in [2.75, 3.05) is 18.5 Å². The maximum atomic E-state index is 14.0. The van der Waals surface area contributed by atoms with Crippen molar-refractivity contribution in [2.24, 2.45) is 5.16 Å². The quantitative estimate of drug-likeness (QED) is 0.0250. The van der Waals surface area contributed by atoms with Crippen molar-refractivity contribution < 1.29 is 52.6 Å². The van der Waals surface area contributed by atoms with E-state index in [1.807, 2.05) is 60.7 Å². The van der Waals surface area contributed by atoms with Gasteiger partial charge in [-0.3, -0.25) is 14.9 Å². The normalized spacial score (nSPS) is 16.6. The Bertz CT molecular complexity index is 2300. The highest BCUT2D eigenvalue weighted by atomic mass is 32.1. The molecule has 22 heteroatoms. The third kappa shape index (κ3) is 13.2. The van der Waals surface area contributed by atoms with Gasteiger partial charge in [0, 0.05) is 18.2 Å². The lowest BCUT2D eigenvalue weighted by molar-refractivity contribution is -0.164. The number of aromatic nitrogens is 4. The molecule has 0 unspecified atom stereocenters. The van der Waals surface area contributed by atoms with Gasteiger partial charge in [0.1, 0.15) is 35.2 Å². The van der Waals surface area contributed by atoms with Crippen LogP contribution in [0.4, 0.5) is 19.5 Å². The van der Waals surface area contributed by atoms with Gasteiger partial charge >= 0.3 is 24.2 Å². The van der Waals surface area contributed by atoms with Crippen LogP contribution in [0.15, 0.2) is 77.4 Å². The molecule has 2 fully saturated rings. The molecule has 0 bridgehead atoms. The van der Waals surface area contributed by atoms with Crippen LogP contribution >= 0.6 is 11.3 Å². The Morgan fingerprint density at radius 2 is 1.55 bits per heavy atom. The van der Waals surface area contributed by atoms with Crippen LogP contribution in [0.2, 0.25) is 0 Å². The molecule has 1 aliphatic carbocycles. The van der Waals surface area contributed by atoms with E-state index in [1.54, 1.807) is 41.5 Å². The predicted octanol–water partition coefficient (Wildman–Crippen LogP) is 4.10. The van der Waals surface area contributed by atoms with E-state index in [-0.39, 0.29) is 55.6 Å². The van der Waals surface area contributed by atoms with Gasteiger partial charge < -0.3 is 45.1 Å². The number of carbonyl (C=O) groups excluding carboxylic acids is 6. The molecular weight excluding hydrogens is 853 g/mol. The number of thiazole rings is 1. The third-order valence-electron chi connectivity index (χ3n) is 9.05. The zero-order valence-corrected chi connectivity index (χ0v) is 36.9. The molecule has 0 radical (unpaired) electrons. The summed E-state index contributed by atoms with van der Waals surface area (Å²) in [5.41, 5.74) is -1.53. The third-order valence-corrected chi connectivity index (χ3v) is 9.81. The summed E-state index contributed by atoms with van der Waals surface area (Å²) in [6.07, 6.45) is -1.01. The van der Waals surface area contributed by atoms with Gasteiger partial charge in [-0.05, 0) is 52.7 Å². The number of ether oxygens (including phenoxy) is 4. The largest absolute Gasteiger partial charge is 0.450 e. The van der Waals surface area contributed by atoms with Crippen molar-refractivity contribution in [1.29, 1.82) is 0 Å². The van der Waals surface area contributed by atoms with Crippen molar-refractivity contribution in [1.82, 2.24) is 41.2 Å². The van der Waals surface area contributed by atoms with E-state index in [9.17, 15) is 28.8 Å². The first kappa shape index (κ1) is 46.4. The first-order chi connectivity index (χ1) is 30.4. The predicted molar refractivity (Wildman–Crippen MR) is 229 cm³/mol. The minimum atomic E-state index is -1.51. The Labute approximate surface area is 372 Å². The molecule has 3 heterocycles. The molecule has 2 aromatic carbocycles. The summed E-state index contributed by atoms with van der Waals surface area (Å²) in [5, 5.41) is 27.1. The smallest absolute Gasteiger partial charge is 0.413 e. The fourth-order valence-electron chi connectivity index (χ4n) is 5.89. The number of alkyl carbamates (subject to hydrolysis) is 2. The number of β-lactam (4-membered cyclic amide) rings is 1. The molecule has 5 N–H and O–H groups in total. The minimum Gasteiger partial charge on any atom is -0.450 e. The number of oxime groups is 1. The Hall–Kier alpha value is -7.10. The minimum absolute atomic E-state index is 0.0239. The highest BCUT2D eigenvalue weighted by molar-refractivity contribution is 7.14. The highest BCUT2D eigenvalue weighted by Gasteiger charge is 2.56. The number of carbonyl (C=O) groups is 6. The van der Waals surface area contributed by atoms with Crippen LogP contribution in [-0.2, 0) is 51.3 Å². The maximum Gasteiger partial charge on any atom is 0.413 e. The van der Waals surface area contributed by atoms with Gasteiger partial charge in [-0.15, -0.1) is 11.3 Å². The Kier molecular flexibility index (Phi) is 14.5. The monoisotopic (exact) mass is 902 g/mol. The van der Waals surface area contributed by atoms with Crippen LogP contribution in [0.3, 0.4) is 0 Å². The number of nitrogens with one attached hydrogen (secondary N) is 5. The number of hydrogen-bond acceptors (Lipinski definition) is 16. The lowest BCUT2D eigenvalue weighted by Gasteiger charge is -2.36. The van der Waals surface area contributed by atoms with Crippen molar-refractivity contribution in [3.8, 4) is 0 Å². The fraction of sp³-hybridized carbons (Fsp3) is 0.429. The number of anilines is 1. The van der Waals surface area contributed by atoms with Gasteiger partial charge in [0.25, 0.3) is 5.91 Å². The molecule has 6 rings (SSSR count). The van der Waals surface area contributed by atoms with Gasteiger partial charge in [-0.2, -0.15) is 15.0 Å². The van der Waals surface area contributed by atoms with Crippen LogP contribution in [0.25, 0.3) is 0 Å². The van der Waals surface area contributed by atoms with Crippen LogP contribution in [0.1, 0.15) is 83.0 Å². The van der Waals surface area contributed by atoms with Crippen molar-refractivity contribution in [2.45, 2.75) is 102 Å². The number of rotatable bonds is 17. The lowest BCUT2D eigenvalue weighted by Crippen LogP contribution is -2.70. The average molecular weight is 903 g/mol. The number of hydrogen-bond donors (Lipinski definition) is 5. The van der Waals surface area contributed by atoms with E-state index in [2.05, 4.69) is 46.9 Å².